The first-order valence-corrected chi connectivity index (χ1v) is 9.39. The lowest BCUT2D eigenvalue weighted by molar-refractivity contribution is -0.434. The van der Waals surface area contributed by atoms with Crippen LogP contribution >= 0.6 is 0 Å². The molecular formula is C16H18F5N3O3S. The van der Waals surface area contributed by atoms with E-state index in [0.717, 1.165) is 19.2 Å². The number of hydrogen-bond donors (Lipinski definition) is 1. The average Bonchev–Trinajstić information content (AvgIpc) is 2.60. The summed E-state index contributed by atoms with van der Waals surface area (Å²) in [7, 11) is -2.32. The Hall–Kier alpha value is -2.50. The third-order valence-electron chi connectivity index (χ3n) is 3.39. The van der Waals surface area contributed by atoms with Crippen LogP contribution < -0.4 is 0 Å². The molecule has 6 nitrogen and oxygen atoms in total. The Labute approximate surface area is 158 Å². The SMILES string of the molecule is C=C(/C=C\C(OCC(F)(F)C(F)(F)F)=[N+](/C)[O-])c1ncccc1S(=N)(=O)CC. The van der Waals surface area contributed by atoms with E-state index in [4.69, 9.17) is 4.78 Å². The summed E-state index contributed by atoms with van der Waals surface area (Å²) in [5.74, 6) is -5.98. The minimum Gasteiger partial charge on any atom is -0.621 e. The second-order valence-electron chi connectivity index (χ2n) is 5.50. The molecule has 0 aromatic carbocycles. The maximum Gasteiger partial charge on any atom is 0.456 e. The number of ether oxygens (including phenoxy) is 1. The van der Waals surface area contributed by atoms with Crippen molar-refractivity contribution in [3.05, 3.63) is 48.0 Å². The lowest BCUT2D eigenvalue weighted by atomic mass is 10.2. The number of hydroxylamine groups is 1. The van der Waals surface area contributed by atoms with Crippen molar-refractivity contribution in [3.63, 3.8) is 0 Å². The maximum absolute atomic E-state index is 13.0. The molecule has 0 saturated carbocycles. The van der Waals surface area contributed by atoms with Crippen LogP contribution in [0.1, 0.15) is 12.6 Å². The van der Waals surface area contributed by atoms with Gasteiger partial charge in [-0.1, -0.05) is 13.5 Å². The quantitative estimate of drug-likeness (QED) is 0.136. The Morgan fingerprint density at radius 2 is 2.00 bits per heavy atom. The molecule has 0 bridgehead atoms. The van der Waals surface area contributed by atoms with E-state index in [-0.39, 0.29) is 26.7 Å². The number of rotatable bonds is 7. The first-order valence-electron chi connectivity index (χ1n) is 7.67. The molecule has 0 aliphatic carbocycles. The molecule has 156 valence electrons. The van der Waals surface area contributed by atoms with Gasteiger partial charge in [0.25, 0.3) is 0 Å². The summed E-state index contributed by atoms with van der Waals surface area (Å²) in [5.41, 5.74) is 0.115. The zero-order valence-electron chi connectivity index (χ0n) is 14.9. The van der Waals surface area contributed by atoms with Crippen molar-refractivity contribution in [2.45, 2.75) is 23.9 Å². The van der Waals surface area contributed by atoms with Crippen LogP contribution in [0.15, 0.2) is 42.0 Å². The lowest BCUT2D eigenvalue weighted by Gasteiger charge is -2.19. The molecule has 12 heteroatoms. The molecule has 1 unspecified atom stereocenters. The van der Waals surface area contributed by atoms with Gasteiger partial charge in [-0.25, -0.2) is 8.99 Å². The molecule has 28 heavy (non-hydrogen) atoms. The Kier molecular flexibility index (Phi) is 7.29. The molecule has 1 aromatic rings. The van der Waals surface area contributed by atoms with E-state index in [1.54, 1.807) is 0 Å². The van der Waals surface area contributed by atoms with Crippen molar-refractivity contribution in [1.82, 2.24) is 4.98 Å². The second kappa shape index (κ2) is 8.67. The minimum atomic E-state index is -5.83. The Balaban J connectivity index is 3.09. The molecule has 0 aliphatic heterocycles. The van der Waals surface area contributed by atoms with Gasteiger partial charge >= 0.3 is 18.0 Å². The summed E-state index contributed by atoms with van der Waals surface area (Å²) < 4.78 is 86.9. The molecular weight excluding hydrogens is 409 g/mol. The summed E-state index contributed by atoms with van der Waals surface area (Å²) in [5, 5.41) is 11.4. The predicted molar refractivity (Wildman–Crippen MR) is 93.6 cm³/mol. The van der Waals surface area contributed by atoms with E-state index in [0.29, 0.717) is 0 Å². The number of pyridine rings is 1. The van der Waals surface area contributed by atoms with Gasteiger partial charge in [0.1, 0.15) is 7.05 Å². The molecule has 0 saturated heterocycles. The topological polar surface area (TPSA) is 89.1 Å². The maximum atomic E-state index is 13.0. The number of aromatic nitrogens is 1. The van der Waals surface area contributed by atoms with Crippen LogP contribution in [-0.2, 0) is 14.5 Å². The molecule has 0 radical (unpaired) electrons. The molecule has 0 aliphatic rings. The van der Waals surface area contributed by atoms with Gasteiger partial charge < -0.3 is 9.94 Å². The Morgan fingerprint density at radius 3 is 2.50 bits per heavy atom. The molecule has 0 spiro atoms. The van der Waals surface area contributed by atoms with Gasteiger partial charge in [0, 0.05) is 11.9 Å². The van der Waals surface area contributed by atoms with Crippen LogP contribution in [0.3, 0.4) is 0 Å². The molecule has 0 amide bonds. The van der Waals surface area contributed by atoms with Gasteiger partial charge in [-0.15, -0.1) is 0 Å². The standard InChI is InChI=1S/C16H18F5N3O3S/c1-4-28(22,26)12-6-5-9-23-14(12)11(2)7-8-13(24(3)25)27-10-15(17,18)16(19,20)21/h5-9,22H,2,4,10H2,1,3H3/b8-7-,24-13-. The molecule has 0 fully saturated rings. The predicted octanol–water partition coefficient (Wildman–Crippen LogP) is 3.83. The highest BCUT2D eigenvalue weighted by Gasteiger charge is 2.58. The van der Waals surface area contributed by atoms with Gasteiger partial charge in [0.2, 0.25) is 0 Å². The fraction of sp³-hybridized carbons (Fsp3) is 0.375. The highest BCUT2D eigenvalue weighted by molar-refractivity contribution is 7.92. The van der Waals surface area contributed by atoms with Crippen LogP contribution in [-0.4, -0.2) is 51.3 Å². The van der Waals surface area contributed by atoms with Crippen molar-refractivity contribution < 1.29 is 35.6 Å². The van der Waals surface area contributed by atoms with Crippen molar-refractivity contribution in [2.75, 3.05) is 19.4 Å². The van der Waals surface area contributed by atoms with Crippen LogP contribution in [0.5, 0.6) is 0 Å². The van der Waals surface area contributed by atoms with E-state index in [9.17, 15) is 31.4 Å². The number of halogens is 5. The van der Waals surface area contributed by atoms with Gasteiger partial charge in [-0.2, -0.15) is 26.7 Å². The van der Waals surface area contributed by atoms with Crippen molar-refractivity contribution in [1.29, 1.82) is 4.78 Å². The zero-order valence-corrected chi connectivity index (χ0v) is 15.7. The summed E-state index contributed by atoms with van der Waals surface area (Å²) in [6, 6.07) is 2.87. The summed E-state index contributed by atoms with van der Waals surface area (Å²) in [4.78, 5) is 4.05. The fourth-order valence-electron chi connectivity index (χ4n) is 1.79. The van der Waals surface area contributed by atoms with Crippen molar-refractivity contribution >= 4 is 21.2 Å². The molecule has 1 rings (SSSR count). The average molecular weight is 427 g/mol. The second-order valence-corrected chi connectivity index (χ2v) is 7.87. The highest BCUT2D eigenvalue weighted by atomic mass is 32.2. The van der Waals surface area contributed by atoms with Crippen LogP contribution in [0, 0.1) is 9.99 Å². The van der Waals surface area contributed by atoms with Gasteiger partial charge in [0.05, 0.1) is 26.4 Å². The van der Waals surface area contributed by atoms with Crippen LogP contribution in [0.25, 0.3) is 5.57 Å². The number of alkyl halides is 5. The summed E-state index contributed by atoms with van der Waals surface area (Å²) in [6.45, 7) is 3.09. The first-order chi connectivity index (χ1) is 12.7. The highest BCUT2D eigenvalue weighted by Crippen LogP contribution is 2.35. The third-order valence-corrected chi connectivity index (χ3v) is 5.24. The van der Waals surface area contributed by atoms with E-state index in [2.05, 4.69) is 16.3 Å². The van der Waals surface area contributed by atoms with Gasteiger partial charge in [-0.05, 0) is 23.8 Å². The Bertz CT molecular complexity index is 889. The van der Waals surface area contributed by atoms with Crippen molar-refractivity contribution in [2.24, 2.45) is 0 Å². The first kappa shape index (κ1) is 23.5. The summed E-state index contributed by atoms with van der Waals surface area (Å²) >= 11 is 0. The van der Waals surface area contributed by atoms with Crippen LogP contribution in [0.2, 0.25) is 0 Å². The smallest absolute Gasteiger partial charge is 0.456 e. The van der Waals surface area contributed by atoms with E-state index < -0.39 is 34.3 Å². The van der Waals surface area contributed by atoms with Gasteiger partial charge in [-0.3, -0.25) is 4.98 Å². The number of hydrogen-bond acceptors (Lipinski definition) is 5. The van der Waals surface area contributed by atoms with E-state index in [1.807, 2.05) is 0 Å². The lowest BCUT2D eigenvalue weighted by Crippen LogP contribution is -2.41. The van der Waals surface area contributed by atoms with Crippen molar-refractivity contribution in [3.8, 4) is 0 Å². The minimum absolute atomic E-state index is 0.000996. The fourth-order valence-corrected chi connectivity index (χ4v) is 2.90. The number of nitrogens with one attached hydrogen (secondary N) is 1. The van der Waals surface area contributed by atoms with E-state index >= 15 is 0 Å². The number of nitrogens with zero attached hydrogens (tertiary/aromatic N) is 2. The zero-order chi connectivity index (χ0) is 21.8. The molecule has 1 atom stereocenters. The molecule has 1 heterocycles. The van der Waals surface area contributed by atoms with Gasteiger partial charge in [0.15, 0.2) is 6.61 Å². The Morgan fingerprint density at radius 1 is 1.39 bits per heavy atom. The van der Waals surface area contributed by atoms with Crippen LogP contribution in [0.4, 0.5) is 22.0 Å². The molecule has 1 aromatic heterocycles. The monoisotopic (exact) mass is 427 g/mol. The largest absolute Gasteiger partial charge is 0.621 e. The van der Waals surface area contributed by atoms with E-state index in [1.165, 1.54) is 25.3 Å². The summed E-state index contributed by atoms with van der Waals surface area (Å²) in [6.07, 6.45) is -2.58. The molecule has 1 N–H and O–H groups in total. The number of allylic oxidation sites excluding steroid dienone is 2. The third kappa shape index (κ3) is 5.75. The normalized spacial score (nSPS) is 15.8.